The van der Waals surface area contributed by atoms with Crippen molar-refractivity contribution < 1.29 is 70.9 Å². The number of rotatable bonds is 19. The summed E-state index contributed by atoms with van der Waals surface area (Å²) >= 11 is 0. The van der Waals surface area contributed by atoms with Gasteiger partial charge in [-0.1, -0.05) is 19.9 Å². The van der Waals surface area contributed by atoms with E-state index in [9.17, 15) is 24.0 Å². The smallest absolute Gasteiger partial charge is 0.319 e. The molecule has 1 amide bonds. The summed E-state index contributed by atoms with van der Waals surface area (Å²) in [5.74, 6) is -1.56. The van der Waals surface area contributed by atoms with Crippen LogP contribution in [0.5, 0.6) is 0 Å². The van der Waals surface area contributed by atoms with Crippen molar-refractivity contribution in [2.45, 2.75) is 19.8 Å². The van der Waals surface area contributed by atoms with E-state index in [0.717, 1.165) is 12.8 Å². The first-order chi connectivity index (χ1) is 16.2. The molecule has 0 atom stereocenters. The third-order valence-corrected chi connectivity index (χ3v) is 5.13. The third-order valence-electron chi connectivity index (χ3n) is 5.13. The molecule has 0 aromatic heterocycles. The molecule has 12 nitrogen and oxygen atoms in total. The summed E-state index contributed by atoms with van der Waals surface area (Å²) in [7, 11) is 5.53. The van der Waals surface area contributed by atoms with Gasteiger partial charge in [-0.15, -0.1) is 0 Å². The molecule has 1 radical (unpaired) electrons. The summed E-state index contributed by atoms with van der Waals surface area (Å²) in [4.78, 5) is 65.3. The zero-order valence-corrected chi connectivity index (χ0v) is 24.5. The van der Waals surface area contributed by atoms with Gasteiger partial charge in [0.2, 0.25) is 5.91 Å². The fraction of sp³-hybridized carbons (Fsp3) is 0.773. The molecule has 0 rings (SSSR count). The normalized spacial score (nSPS) is 10.6. The summed E-state index contributed by atoms with van der Waals surface area (Å²) in [6.45, 7) is 3.63. The maximum atomic E-state index is 12.6. The van der Waals surface area contributed by atoms with Gasteiger partial charge in [0.15, 0.2) is 0 Å². The number of hydrogen-bond donors (Lipinski definition) is 0. The van der Waals surface area contributed by atoms with E-state index >= 15 is 0 Å². The quantitative estimate of drug-likeness (QED) is 0.104. The molecule has 0 fully saturated rings. The summed E-state index contributed by atoms with van der Waals surface area (Å²) < 4.78 is 14.1. The Hall–Kier alpha value is -1.47. The minimum Gasteiger partial charge on any atom is -0.541 e. The van der Waals surface area contributed by atoms with Crippen LogP contribution in [-0.4, -0.2) is 144 Å². The van der Waals surface area contributed by atoms with E-state index in [1.807, 2.05) is 6.92 Å². The van der Waals surface area contributed by atoms with Crippen molar-refractivity contribution in [1.82, 2.24) is 19.6 Å². The summed E-state index contributed by atoms with van der Waals surface area (Å²) in [6, 6.07) is 0. The molecule has 0 unspecified atom stereocenters. The average Bonchev–Trinajstić information content (AvgIpc) is 2.83. The predicted octanol–water partition coefficient (Wildman–Crippen LogP) is -1.22. The summed E-state index contributed by atoms with van der Waals surface area (Å²) in [6.07, 6.45) is 3.59. The molecular formula is C22H39N4O8Y-. The molecule has 0 aliphatic rings. The fourth-order valence-corrected chi connectivity index (χ4v) is 2.93. The van der Waals surface area contributed by atoms with Crippen LogP contribution in [0.2, 0.25) is 0 Å². The minimum absolute atomic E-state index is 0. The predicted molar refractivity (Wildman–Crippen MR) is 124 cm³/mol. The van der Waals surface area contributed by atoms with Crippen LogP contribution in [0, 0.1) is 0 Å². The van der Waals surface area contributed by atoms with E-state index in [0.29, 0.717) is 26.2 Å². The zero-order valence-electron chi connectivity index (χ0n) is 21.6. The minimum atomic E-state index is -0.496. The average molecular weight is 576 g/mol. The van der Waals surface area contributed by atoms with Gasteiger partial charge in [-0.3, -0.25) is 29.0 Å². The Bertz CT molecular complexity index is 653. The number of esters is 3. The Morgan fingerprint density at radius 2 is 1.11 bits per heavy atom. The Kier molecular flexibility index (Phi) is 22.2. The number of hydrogen-bond acceptors (Lipinski definition) is 11. The molecular weight excluding hydrogens is 537 g/mol. The van der Waals surface area contributed by atoms with Crippen LogP contribution in [0.1, 0.15) is 19.8 Å². The molecule has 0 heterocycles. The molecule has 0 bridgehead atoms. The van der Waals surface area contributed by atoms with Crippen molar-refractivity contribution in [3.05, 3.63) is 0 Å². The number of methoxy groups -OCH3 is 3. The molecule has 199 valence electrons. The van der Waals surface area contributed by atoms with Gasteiger partial charge < -0.3 is 28.8 Å². The number of unbranched alkanes of at least 4 members (excludes halogenated alkanes) is 1. The van der Waals surface area contributed by atoms with Crippen molar-refractivity contribution in [2.24, 2.45) is 0 Å². The molecule has 35 heavy (non-hydrogen) atoms. The number of carbonyl (C=O) groups is 4. The van der Waals surface area contributed by atoms with E-state index in [4.69, 9.17) is 9.47 Å². The number of nitrogens with zero attached hydrogens (tertiary/aromatic N) is 4. The Morgan fingerprint density at radius 1 is 0.686 bits per heavy atom. The summed E-state index contributed by atoms with van der Waals surface area (Å²) in [5, 5.41) is 0. The van der Waals surface area contributed by atoms with E-state index in [2.05, 4.69) is 4.74 Å². The molecule has 0 aliphatic heterocycles. The van der Waals surface area contributed by atoms with Gasteiger partial charge in [-0.2, -0.15) is 0 Å². The number of ether oxygens (including phenoxy) is 3. The topological polar surface area (TPSA) is 126 Å². The monoisotopic (exact) mass is 576 g/mol. The van der Waals surface area contributed by atoms with Crippen molar-refractivity contribution in [3.8, 4) is 0 Å². The van der Waals surface area contributed by atoms with Gasteiger partial charge in [0.25, 0.3) is 0 Å². The van der Waals surface area contributed by atoms with Gasteiger partial charge in [0, 0.05) is 72.5 Å². The van der Waals surface area contributed by atoms with Crippen LogP contribution in [0.3, 0.4) is 0 Å². The first kappa shape index (κ1) is 35.7. The van der Waals surface area contributed by atoms with E-state index in [1.165, 1.54) is 21.3 Å². The maximum absolute atomic E-state index is 12.6. The van der Waals surface area contributed by atoms with E-state index in [1.54, 1.807) is 32.9 Å². The van der Waals surface area contributed by atoms with Crippen LogP contribution in [0.4, 0.5) is 0 Å². The van der Waals surface area contributed by atoms with Gasteiger partial charge in [-0.25, -0.2) is 6.29 Å². The third kappa shape index (κ3) is 17.6. The number of likely N-dealkylation sites (N-methyl/N-ethyl adjacent to an activating group) is 1. The molecule has 0 spiro atoms. The Balaban J connectivity index is 0. The van der Waals surface area contributed by atoms with Crippen LogP contribution < -0.4 is 0 Å². The molecule has 0 aromatic carbocycles. The second-order valence-corrected chi connectivity index (χ2v) is 7.74. The van der Waals surface area contributed by atoms with Crippen molar-refractivity contribution in [2.75, 3.05) is 93.8 Å². The van der Waals surface area contributed by atoms with Gasteiger partial charge >= 0.3 is 17.9 Å². The summed E-state index contributed by atoms with van der Waals surface area (Å²) in [5.41, 5.74) is 0. The van der Waals surface area contributed by atoms with Gasteiger partial charge in [-0.05, 0) is 6.42 Å². The second kappa shape index (κ2) is 21.8. The van der Waals surface area contributed by atoms with Crippen molar-refractivity contribution >= 4 is 30.1 Å². The maximum Gasteiger partial charge on any atom is 0.319 e. The Labute approximate surface area is 233 Å². The second-order valence-electron chi connectivity index (χ2n) is 7.74. The number of amides is 1. The molecule has 0 aromatic rings. The molecule has 0 aliphatic carbocycles. The van der Waals surface area contributed by atoms with Gasteiger partial charge in [0.1, 0.15) is 0 Å². The SMILES string of the molecule is CCCCN(C)C(=O)CN(CCN(CCN(C[C-]=O)CC(=O)OC)CC(=O)OC)CC(=O)OC.[Y]. The van der Waals surface area contributed by atoms with Crippen LogP contribution in [-0.2, 0) is 70.9 Å². The van der Waals surface area contributed by atoms with Crippen molar-refractivity contribution in [1.29, 1.82) is 0 Å². The Morgan fingerprint density at radius 3 is 1.57 bits per heavy atom. The van der Waals surface area contributed by atoms with Crippen molar-refractivity contribution in [3.63, 3.8) is 0 Å². The van der Waals surface area contributed by atoms with E-state index in [-0.39, 0.29) is 77.9 Å². The van der Waals surface area contributed by atoms with Crippen LogP contribution >= 0.6 is 0 Å². The van der Waals surface area contributed by atoms with Crippen LogP contribution in [0.15, 0.2) is 0 Å². The van der Waals surface area contributed by atoms with Gasteiger partial charge in [0.05, 0.1) is 47.5 Å². The number of carbonyl (C=O) groups excluding carboxylic acids is 5. The molecule has 0 saturated heterocycles. The fourth-order valence-electron chi connectivity index (χ4n) is 2.93. The first-order valence-corrected chi connectivity index (χ1v) is 11.2. The molecule has 13 heteroatoms. The molecule has 0 saturated carbocycles. The first-order valence-electron chi connectivity index (χ1n) is 11.2. The zero-order chi connectivity index (χ0) is 25.9. The van der Waals surface area contributed by atoms with Crippen LogP contribution in [0.25, 0.3) is 0 Å². The largest absolute Gasteiger partial charge is 0.541 e. The standard InChI is InChI=1S/C22H39N4O8.Y/c1-6-7-8-23(2)19(28)15-26(18-22(31)34-5)12-11-24(16-20(29)32-3)9-10-25(13-14-27)17-21(30)33-4;/h6-13,15-18H2,1-5H3;/q-1;. The molecule has 0 N–H and O–H groups in total. The van der Waals surface area contributed by atoms with E-state index < -0.39 is 17.9 Å².